The van der Waals surface area contributed by atoms with Gasteiger partial charge in [0.15, 0.2) is 0 Å². The lowest BCUT2D eigenvalue weighted by atomic mass is 9.97. The van der Waals surface area contributed by atoms with Crippen LogP contribution in [-0.2, 0) is 6.18 Å². The van der Waals surface area contributed by atoms with Gasteiger partial charge in [-0.15, -0.1) is 0 Å². The molecule has 1 aromatic rings. The van der Waals surface area contributed by atoms with Gasteiger partial charge in [0.05, 0.1) is 11.7 Å². The SMILES string of the molecule is Cc1ccc(C(F)(F)F)cc1[C@@H](O)[C@H](C)N. The maximum Gasteiger partial charge on any atom is 0.416 e. The Hall–Kier alpha value is -1.07. The fourth-order valence-electron chi connectivity index (χ4n) is 1.42. The molecule has 0 spiro atoms. The molecule has 0 bridgehead atoms. The van der Waals surface area contributed by atoms with E-state index in [4.69, 9.17) is 5.73 Å². The van der Waals surface area contributed by atoms with Crippen molar-refractivity contribution in [2.45, 2.75) is 32.2 Å². The zero-order valence-electron chi connectivity index (χ0n) is 9.05. The quantitative estimate of drug-likeness (QED) is 0.823. The molecule has 0 fully saturated rings. The number of nitrogens with two attached hydrogens (primary N) is 1. The molecule has 2 atom stereocenters. The second-order valence-corrected chi connectivity index (χ2v) is 3.87. The maximum absolute atomic E-state index is 12.5. The van der Waals surface area contributed by atoms with Gasteiger partial charge in [0.25, 0.3) is 0 Å². The fourth-order valence-corrected chi connectivity index (χ4v) is 1.42. The van der Waals surface area contributed by atoms with Gasteiger partial charge in [-0.2, -0.15) is 13.2 Å². The van der Waals surface area contributed by atoms with Gasteiger partial charge in [-0.05, 0) is 37.1 Å². The van der Waals surface area contributed by atoms with Crippen molar-refractivity contribution in [3.8, 4) is 0 Å². The average molecular weight is 233 g/mol. The van der Waals surface area contributed by atoms with Crippen LogP contribution in [0.3, 0.4) is 0 Å². The lowest BCUT2D eigenvalue weighted by molar-refractivity contribution is -0.137. The first-order valence-corrected chi connectivity index (χ1v) is 4.85. The van der Waals surface area contributed by atoms with Crippen molar-refractivity contribution >= 4 is 0 Å². The summed E-state index contributed by atoms with van der Waals surface area (Å²) in [5.41, 5.74) is 5.52. The topological polar surface area (TPSA) is 46.2 Å². The van der Waals surface area contributed by atoms with Crippen LogP contribution in [0.4, 0.5) is 13.2 Å². The molecular weight excluding hydrogens is 219 g/mol. The molecule has 0 radical (unpaired) electrons. The number of hydrogen-bond donors (Lipinski definition) is 2. The first-order chi connectivity index (χ1) is 7.23. The van der Waals surface area contributed by atoms with Crippen LogP contribution >= 0.6 is 0 Å². The number of rotatable bonds is 2. The Morgan fingerprint density at radius 2 is 1.88 bits per heavy atom. The van der Waals surface area contributed by atoms with Crippen molar-refractivity contribution in [1.29, 1.82) is 0 Å². The first-order valence-electron chi connectivity index (χ1n) is 4.85. The third-order valence-corrected chi connectivity index (χ3v) is 2.42. The summed E-state index contributed by atoms with van der Waals surface area (Å²) in [6.07, 6.45) is -5.48. The van der Waals surface area contributed by atoms with Crippen LogP contribution in [0.15, 0.2) is 18.2 Å². The smallest absolute Gasteiger partial charge is 0.387 e. The number of aliphatic hydroxyl groups is 1. The molecule has 1 aromatic carbocycles. The highest BCUT2D eigenvalue weighted by molar-refractivity contribution is 5.34. The molecule has 0 aliphatic rings. The standard InChI is InChI=1S/C11H14F3NO/c1-6-3-4-8(11(12,13)14)5-9(6)10(16)7(2)15/h3-5,7,10,16H,15H2,1-2H3/t7-,10-/m0/s1. The molecule has 0 saturated carbocycles. The van der Waals surface area contributed by atoms with Gasteiger partial charge in [-0.25, -0.2) is 0 Å². The molecule has 0 saturated heterocycles. The molecule has 3 N–H and O–H groups in total. The van der Waals surface area contributed by atoms with E-state index in [0.29, 0.717) is 5.56 Å². The van der Waals surface area contributed by atoms with Gasteiger partial charge in [0.2, 0.25) is 0 Å². The molecule has 0 heterocycles. The Morgan fingerprint density at radius 1 is 1.31 bits per heavy atom. The average Bonchev–Trinajstić information content (AvgIpc) is 2.15. The van der Waals surface area contributed by atoms with Crippen LogP contribution in [0.2, 0.25) is 0 Å². The van der Waals surface area contributed by atoms with Gasteiger partial charge in [0, 0.05) is 6.04 Å². The molecule has 2 nitrogen and oxygen atoms in total. The van der Waals surface area contributed by atoms with Gasteiger partial charge >= 0.3 is 6.18 Å². The highest BCUT2D eigenvalue weighted by Gasteiger charge is 2.31. The minimum atomic E-state index is -4.40. The van der Waals surface area contributed by atoms with Crippen LogP contribution in [-0.4, -0.2) is 11.1 Å². The summed E-state index contributed by atoms with van der Waals surface area (Å²) in [4.78, 5) is 0. The second kappa shape index (κ2) is 4.43. The molecule has 16 heavy (non-hydrogen) atoms. The molecule has 0 aliphatic heterocycles. The van der Waals surface area contributed by atoms with E-state index in [1.807, 2.05) is 0 Å². The van der Waals surface area contributed by atoms with E-state index in [9.17, 15) is 18.3 Å². The van der Waals surface area contributed by atoms with E-state index in [-0.39, 0.29) is 5.56 Å². The van der Waals surface area contributed by atoms with Gasteiger partial charge < -0.3 is 10.8 Å². The van der Waals surface area contributed by atoms with Crippen LogP contribution in [0.5, 0.6) is 0 Å². The highest BCUT2D eigenvalue weighted by Crippen LogP contribution is 2.32. The molecule has 0 amide bonds. The Morgan fingerprint density at radius 3 is 2.31 bits per heavy atom. The monoisotopic (exact) mass is 233 g/mol. The third-order valence-electron chi connectivity index (χ3n) is 2.42. The van der Waals surface area contributed by atoms with Crippen LogP contribution in [0.1, 0.15) is 29.7 Å². The summed E-state index contributed by atoms with van der Waals surface area (Å²) >= 11 is 0. The summed E-state index contributed by atoms with van der Waals surface area (Å²) in [6, 6.07) is 2.67. The minimum Gasteiger partial charge on any atom is -0.387 e. The maximum atomic E-state index is 12.5. The molecular formula is C11H14F3NO. The number of aliphatic hydroxyl groups excluding tert-OH is 1. The Labute approximate surface area is 91.9 Å². The van der Waals surface area contributed by atoms with Gasteiger partial charge in [-0.1, -0.05) is 6.07 Å². The molecule has 0 unspecified atom stereocenters. The molecule has 0 aromatic heterocycles. The molecule has 90 valence electrons. The lowest BCUT2D eigenvalue weighted by Crippen LogP contribution is -2.25. The predicted molar refractivity (Wildman–Crippen MR) is 54.8 cm³/mol. The van der Waals surface area contributed by atoms with Gasteiger partial charge in [0.1, 0.15) is 0 Å². The fraction of sp³-hybridized carbons (Fsp3) is 0.455. The number of halogens is 3. The zero-order valence-corrected chi connectivity index (χ0v) is 9.05. The third kappa shape index (κ3) is 2.74. The van der Waals surface area contributed by atoms with Crippen molar-refractivity contribution in [2.75, 3.05) is 0 Å². The van der Waals surface area contributed by atoms with Crippen LogP contribution in [0, 0.1) is 6.92 Å². The minimum absolute atomic E-state index is 0.227. The van der Waals surface area contributed by atoms with Gasteiger partial charge in [-0.3, -0.25) is 0 Å². The Bertz CT molecular complexity index is 374. The van der Waals surface area contributed by atoms with Crippen molar-refractivity contribution in [1.82, 2.24) is 0 Å². The largest absolute Gasteiger partial charge is 0.416 e. The van der Waals surface area contributed by atoms with Crippen LogP contribution < -0.4 is 5.73 Å². The molecule has 0 aliphatic carbocycles. The van der Waals surface area contributed by atoms with Crippen LogP contribution in [0.25, 0.3) is 0 Å². The first kappa shape index (κ1) is 13.0. The van der Waals surface area contributed by atoms with E-state index < -0.39 is 23.9 Å². The zero-order chi connectivity index (χ0) is 12.5. The van der Waals surface area contributed by atoms with E-state index >= 15 is 0 Å². The van der Waals surface area contributed by atoms with E-state index in [1.165, 1.54) is 6.07 Å². The highest BCUT2D eigenvalue weighted by atomic mass is 19.4. The second-order valence-electron chi connectivity index (χ2n) is 3.87. The normalized spacial score (nSPS) is 15.9. The lowest BCUT2D eigenvalue weighted by Gasteiger charge is -2.19. The van der Waals surface area contributed by atoms with Crippen molar-refractivity contribution in [3.63, 3.8) is 0 Å². The number of aryl methyl sites for hydroxylation is 1. The number of alkyl halides is 3. The molecule has 1 rings (SSSR count). The number of benzene rings is 1. The summed E-state index contributed by atoms with van der Waals surface area (Å²) in [6.45, 7) is 3.19. The Balaban J connectivity index is 3.19. The summed E-state index contributed by atoms with van der Waals surface area (Å²) in [7, 11) is 0. The summed E-state index contributed by atoms with van der Waals surface area (Å²) in [5.74, 6) is 0. The predicted octanol–water partition coefficient (Wildman–Crippen LogP) is 2.39. The van der Waals surface area contributed by atoms with E-state index in [0.717, 1.165) is 12.1 Å². The van der Waals surface area contributed by atoms with Crippen molar-refractivity contribution in [2.24, 2.45) is 5.73 Å². The van der Waals surface area contributed by atoms with E-state index in [2.05, 4.69) is 0 Å². The molecule has 5 heteroatoms. The summed E-state index contributed by atoms with van der Waals surface area (Å²) < 4.78 is 37.4. The van der Waals surface area contributed by atoms with Crippen molar-refractivity contribution in [3.05, 3.63) is 34.9 Å². The summed E-state index contributed by atoms with van der Waals surface area (Å²) in [5, 5.41) is 9.68. The van der Waals surface area contributed by atoms with E-state index in [1.54, 1.807) is 13.8 Å². The number of hydrogen-bond acceptors (Lipinski definition) is 2. The van der Waals surface area contributed by atoms with Crippen molar-refractivity contribution < 1.29 is 18.3 Å². The Kier molecular flexibility index (Phi) is 3.60.